The molecule has 0 bridgehead atoms. The molecule has 152 valence electrons. The van der Waals surface area contributed by atoms with E-state index in [1.807, 2.05) is 13.0 Å². The zero-order valence-corrected chi connectivity index (χ0v) is 15.7. The van der Waals surface area contributed by atoms with Crippen molar-refractivity contribution >= 4 is 5.97 Å². The normalized spacial score (nSPS) is 30.9. The zero-order valence-electron chi connectivity index (χ0n) is 15.7. The molecule has 0 spiro atoms. The highest BCUT2D eigenvalue weighted by Gasteiger charge is 2.43. The lowest BCUT2D eigenvalue weighted by Gasteiger charge is -2.39. The number of ether oxygens (including phenoxy) is 3. The van der Waals surface area contributed by atoms with E-state index >= 15 is 0 Å². The van der Waals surface area contributed by atoms with E-state index in [-0.39, 0.29) is 5.97 Å². The van der Waals surface area contributed by atoms with Crippen LogP contribution in [0.15, 0.2) is 11.6 Å². The van der Waals surface area contributed by atoms with E-state index in [1.54, 1.807) is 13.8 Å². The first-order chi connectivity index (χ1) is 12.3. The second kappa shape index (κ2) is 11.6. The van der Waals surface area contributed by atoms with Crippen LogP contribution in [-0.2, 0) is 19.0 Å². The van der Waals surface area contributed by atoms with E-state index in [0.717, 1.165) is 12.8 Å². The number of aliphatic hydroxyl groups is 4. The van der Waals surface area contributed by atoms with Gasteiger partial charge in [0, 0.05) is 5.57 Å². The van der Waals surface area contributed by atoms with Crippen LogP contribution in [0.4, 0.5) is 0 Å². The monoisotopic (exact) mass is 376 g/mol. The van der Waals surface area contributed by atoms with Crippen molar-refractivity contribution in [1.82, 2.24) is 0 Å². The van der Waals surface area contributed by atoms with Crippen LogP contribution < -0.4 is 0 Å². The van der Waals surface area contributed by atoms with E-state index in [0.29, 0.717) is 31.1 Å². The summed E-state index contributed by atoms with van der Waals surface area (Å²) in [6.45, 7) is 5.71. The van der Waals surface area contributed by atoms with Gasteiger partial charge in [0.05, 0.1) is 19.8 Å². The van der Waals surface area contributed by atoms with Crippen molar-refractivity contribution < 1.29 is 39.4 Å². The SMILES string of the molecule is CCOC(=O)C(C)=CCC[C@H](C)CCO[C@@H]1O[C@@H](CO)[C@@H](O)[C@H](O)[C@H]1O. The molecular formula is C18H32O8. The maximum atomic E-state index is 11.5. The minimum absolute atomic E-state index is 0.296. The Kier molecular flexibility index (Phi) is 10.3. The molecule has 0 aromatic carbocycles. The molecule has 1 saturated heterocycles. The van der Waals surface area contributed by atoms with Crippen molar-refractivity contribution in [3.63, 3.8) is 0 Å². The lowest BCUT2D eigenvalue weighted by Crippen LogP contribution is -2.59. The Morgan fingerprint density at radius 1 is 1.19 bits per heavy atom. The third kappa shape index (κ3) is 6.94. The molecule has 1 heterocycles. The number of aliphatic hydroxyl groups excluding tert-OH is 4. The Morgan fingerprint density at radius 3 is 2.50 bits per heavy atom. The smallest absolute Gasteiger partial charge is 0.333 e. The Hall–Kier alpha value is -1.03. The van der Waals surface area contributed by atoms with Crippen molar-refractivity contribution in [3.05, 3.63) is 11.6 Å². The number of hydrogen-bond donors (Lipinski definition) is 4. The van der Waals surface area contributed by atoms with Gasteiger partial charge in [0.2, 0.25) is 0 Å². The van der Waals surface area contributed by atoms with Gasteiger partial charge in [0.15, 0.2) is 6.29 Å². The molecule has 6 atom stereocenters. The molecule has 0 radical (unpaired) electrons. The van der Waals surface area contributed by atoms with Crippen LogP contribution in [0, 0.1) is 5.92 Å². The Balaban J connectivity index is 2.31. The first-order valence-corrected chi connectivity index (χ1v) is 9.07. The second-order valence-electron chi connectivity index (χ2n) is 6.65. The summed E-state index contributed by atoms with van der Waals surface area (Å²) in [4.78, 5) is 11.5. The van der Waals surface area contributed by atoms with Crippen LogP contribution in [0.1, 0.15) is 40.0 Å². The maximum absolute atomic E-state index is 11.5. The lowest BCUT2D eigenvalue weighted by atomic mass is 9.99. The molecule has 1 aliphatic heterocycles. The fourth-order valence-electron chi connectivity index (χ4n) is 2.65. The van der Waals surface area contributed by atoms with E-state index in [9.17, 15) is 20.1 Å². The van der Waals surface area contributed by atoms with Crippen LogP contribution in [0.5, 0.6) is 0 Å². The van der Waals surface area contributed by atoms with E-state index < -0.39 is 37.3 Å². The van der Waals surface area contributed by atoms with E-state index in [1.165, 1.54) is 0 Å². The van der Waals surface area contributed by atoms with Crippen molar-refractivity contribution in [1.29, 1.82) is 0 Å². The van der Waals surface area contributed by atoms with Gasteiger partial charge in [-0.05, 0) is 39.0 Å². The number of rotatable bonds is 10. The summed E-state index contributed by atoms with van der Waals surface area (Å²) in [5.41, 5.74) is 0.594. The van der Waals surface area contributed by atoms with Gasteiger partial charge in [0.1, 0.15) is 24.4 Å². The number of hydrogen-bond acceptors (Lipinski definition) is 8. The predicted molar refractivity (Wildman–Crippen MR) is 93.1 cm³/mol. The summed E-state index contributed by atoms with van der Waals surface area (Å²) in [6.07, 6.45) is -2.11. The van der Waals surface area contributed by atoms with Crippen molar-refractivity contribution in [3.8, 4) is 0 Å². The van der Waals surface area contributed by atoms with Gasteiger partial charge in [-0.2, -0.15) is 0 Å². The summed E-state index contributed by atoms with van der Waals surface area (Å²) in [6, 6.07) is 0. The minimum atomic E-state index is -1.43. The molecule has 1 rings (SSSR count). The molecular weight excluding hydrogens is 344 g/mol. The summed E-state index contributed by atoms with van der Waals surface area (Å²) >= 11 is 0. The standard InChI is InChI=1S/C18H32O8/c1-4-24-17(23)12(3)7-5-6-11(2)8-9-25-18-16(22)15(21)14(20)13(10-19)26-18/h7,11,13-16,18-22H,4-6,8-10H2,1-3H3/t11-,13-,14+,15-,16+,18+/m0/s1. The van der Waals surface area contributed by atoms with Crippen molar-refractivity contribution in [2.24, 2.45) is 5.92 Å². The molecule has 4 N–H and O–H groups in total. The molecule has 1 fully saturated rings. The summed E-state index contributed by atoms with van der Waals surface area (Å²) in [5, 5.41) is 38.5. The zero-order chi connectivity index (χ0) is 19.7. The topological polar surface area (TPSA) is 126 Å². The average molecular weight is 376 g/mol. The molecule has 1 aliphatic rings. The van der Waals surface area contributed by atoms with Gasteiger partial charge >= 0.3 is 5.97 Å². The van der Waals surface area contributed by atoms with Crippen molar-refractivity contribution in [2.45, 2.75) is 70.7 Å². The second-order valence-corrected chi connectivity index (χ2v) is 6.65. The number of esters is 1. The van der Waals surface area contributed by atoms with Gasteiger partial charge < -0.3 is 34.6 Å². The van der Waals surface area contributed by atoms with E-state index in [2.05, 4.69) is 0 Å². The van der Waals surface area contributed by atoms with Gasteiger partial charge in [-0.15, -0.1) is 0 Å². The number of carbonyl (C=O) groups excluding carboxylic acids is 1. The van der Waals surface area contributed by atoms with Crippen LogP contribution >= 0.6 is 0 Å². The maximum Gasteiger partial charge on any atom is 0.333 e. The Morgan fingerprint density at radius 2 is 1.88 bits per heavy atom. The molecule has 8 heteroatoms. The first kappa shape index (κ1) is 23.0. The summed E-state index contributed by atoms with van der Waals surface area (Å²) in [5.74, 6) is 0.0113. The largest absolute Gasteiger partial charge is 0.463 e. The van der Waals surface area contributed by atoms with Crippen LogP contribution in [0.25, 0.3) is 0 Å². The van der Waals surface area contributed by atoms with E-state index in [4.69, 9.17) is 19.3 Å². The third-order valence-electron chi connectivity index (χ3n) is 4.45. The molecule has 0 unspecified atom stereocenters. The third-order valence-corrected chi connectivity index (χ3v) is 4.45. The molecule has 0 aromatic rings. The molecule has 0 amide bonds. The molecule has 0 aromatic heterocycles. The summed E-state index contributed by atoms with van der Waals surface area (Å²) < 4.78 is 15.7. The van der Waals surface area contributed by atoms with Gasteiger partial charge in [-0.1, -0.05) is 13.0 Å². The number of carbonyl (C=O) groups is 1. The van der Waals surface area contributed by atoms with Gasteiger partial charge in [-0.3, -0.25) is 0 Å². The molecule has 26 heavy (non-hydrogen) atoms. The van der Waals surface area contributed by atoms with Crippen LogP contribution in [-0.4, -0.2) is 76.9 Å². The first-order valence-electron chi connectivity index (χ1n) is 9.07. The van der Waals surface area contributed by atoms with Crippen molar-refractivity contribution in [2.75, 3.05) is 19.8 Å². The Labute approximate surface area is 154 Å². The minimum Gasteiger partial charge on any atom is -0.463 e. The van der Waals surface area contributed by atoms with Gasteiger partial charge in [-0.25, -0.2) is 4.79 Å². The molecule has 8 nitrogen and oxygen atoms in total. The fourth-order valence-corrected chi connectivity index (χ4v) is 2.65. The highest BCUT2D eigenvalue weighted by atomic mass is 16.7. The highest BCUT2D eigenvalue weighted by molar-refractivity contribution is 5.87. The Bertz CT molecular complexity index is 450. The lowest BCUT2D eigenvalue weighted by molar-refractivity contribution is -0.301. The average Bonchev–Trinajstić information content (AvgIpc) is 2.61. The van der Waals surface area contributed by atoms with Gasteiger partial charge in [0.25, 0.3) is 0 Å². The highest BCUT2D eigenvalue weighted by Crippen LogP contribution is 2.22. The van der Waals surface area contributed by atoms with Crippen LogP contribution in [0.3, 0.4) is 0 Å². The quantitative estimate of drug-likeness (QED) is 0.313. The number of allylic oxidation sites excluding steroid dienone is 1. The summed E-state index contributed by atoms with van der Waals surface area (Å²) in [7, 11) is 0. The fraction of sp³-hybridized carbons (Fsp3) is 0.833. The molecule has 0 saturated carbocycles. The van der Waals surface area contributed by atoms with Crippen LogP contribution in [0.2, 0.25) is 0 Å². The molecule has 0 aliphatic carbocycles. The predicted octanol–water partition coefficient (Wildman–Crippen LogP) is 0.119.